The molecule has 1 atom stereocenters. The van der Waals surface area contributed by atoms with Gasteiger partial charge < -0.3 is 10.2 Å². The summed E-state index contributed by atoms with van der Waals surface area (Å²) in [5.41, 5.74) is 2.71. The second-order valence-electron chi connectivity index (χ2n) is 5.77. The molecule has 19 heavy (non-hydrogen) atoms. The van der Waals surface area contributed by atoms with Gasteiger partial charge in [0.15, 0.2) is 0 Å². The quantitative estimate of drug-likeness (QED) is 0.898. The van der Waals surface area contributed by atoms with E-state index in [9.17, 15) is 0 Å². The van der Waals surface area contributed by atoms with Gasteiger partial charge in [0, 0.05) is 38.9 Å². The van der Waals surface area contributed by atoms with E-state index in [1.54, 1.807) is 0 Å². The van der Waals surface area contributed by atoms with Crippen molar-refractivity contribution >= 4 is 5.69 Å². The van der Waals surface area contributed by atoms with Gasteiger partial charge in [0.05, 0.1) is 6.17 Å². The lowest BCUT2D eigenvalue weighted by Gasteiger charge is -2.39. The molecule has 106 valence electrons. The highest BCUT2D eigenvalue weighted by Crippen LogP contribution is 2.21. The van der Waals surface area contributed by atoms with E-state index < -0.39 is 0 Å². The lowest BCUT2D eigenvalue weighted by Crippen LogP contribution is -2.53. The molecule has 0 amide bonds. The number of nitrogens with one attached hydrogen (secondary N) is 1. The fourth-order valence-corrected chi connectivity index (χ4v) is 2.61. The fourth-order valence-electron chi connectivity index (χ4n) is 2.61. The number of hydrogen-bond donors (Lipinski definition) is 1. The molecule has 0 spiro atoms. The average Bonchev–Trinajstić information content (AvgIpc) is 2.46. The SMILES string of the molecule is CC(C)c1ccc(N(C)C(C)N2CCNCC2)cc1. The summed E-state index contributed by atoms with van der Waals surface area (Å²) < 4.78 is 0. The molecule has 1 N–H and O–H groups in total. The van der Waals surface area contributed by atoms with Crippen molar-refractivity contribution < 1.29 is 0 Å². The minimum Gasteiger partial charge on any atom is -0.359 e. The highest BCUT2D eigenvalue weighted by Gasteiger charge is 2.20. The molecule has 1 aliphatic heterocycles. The lowest BCUT2D eigenvalue weighted by atomic mass is 10.0. The molecule has 1 fully saturated rings. The first kappa shape index (κ1) is 14.4. The monoisotopic (exact) mass is 261 g/mol. The number of piperazine rings is 1. The third-order valence-electron chi connectivity index (χ3n) is 4.21. The third kappa shape index (κ3) is 3.48. The predicted molar refractivity (Wildman–Crippen MR) is 82.8 cm³/mol. The number of anilines is 1. The van der Waals surface area contributed by atoms with Gasteiger partial charge in [0.25, 0.3) is 0 Å². The first-order valence-corrected chi connectivity index (χ1v) is 7.37. The van der Waals surface area contributed by atoms with Crippen molar-refractivity contribution in [2.24, 2.45) is 0 Å². The zero-order valence-electron chi connectivity index (χ0n) is 12.7. The van der Waals surface area contributed by atoms with E-state index >= 15 is 0 Å². The van der Waals surface area contributed by atoms with Crippen molar-refractivity contribution in [2.45, 2.75) is 32.9 Å². The summed E-state index contributed by atoms with van der Waals surface area (Å²) in [7, 11) is 2.19. The van der Waals surface area contributed by atoms with Crippen LogP contribution in [0.3, 0.4) is 0 Å². The highest BCUT2D eigenvalue weighted by molar-refractivity contribution is 5.48. The molecule has 0 aromatic heterocycles. The smallest absolute Gasteiger partial charge is 0.0789 e. The van der Waals surface area contributed by atoms with E-state index in [0.717, 1.165) is 26.2 Å². The minimum absolute atomic E-state index is 0.451. The lowest BCUT2D eigenvalue weighted by molar-refractivity contribution is 0.183. The molecule has 1 aromatic carbocycles. The van der Waals surface area contributed by atoms with Gasteiger partial charge in [-0.05, 0) is 30.5 Å². The van der Waals surface area contributed by atoms with E-state index in [1.165, 1.54) is 11.3 Å². The highest BCUT2D eigenvalue weighted by atomic mass is 15.4. The zero-order valence-corrected chi connectivity index (χ0v) is 12.7. The normalized spacial score (nSPS) is 18.6. The Kier molecular flexibility index (Phi) is 4.83. The van der Waals surface area contributed by atoms with Crippen LogP contribution in [-0.4, -0.2) is 44.3 Å². The molecule has 0 radical (unpaired) electrons. The first-order chi connectivity index (χ1) is 9.09. The van der Waals surface area contributed by atoms with Crippen LogP contribution in [0.15, 0.2) is 24.3 Å². The van der Waals surface area contributed by atoms with Gasteiger partial charge in [-0.1, -0.05) is 26.0 Å². The van der Waals surface area contributed by atoms with Crippen molar-refractivity contribution in [1.82, 2.24) is 10.2 Å². The van der Waals surface area contributed by atoms with Gasteiger partial charge in [-0.15, -0.1) is 0 Å². The van der Waals surface area contributed by atoms with Crippen molar-refractivity contribution in [3.05, 3.63) is 29.8 Å². The van der Waals surface area contributed by atoms with Crippen molar-refractivity contribution in [3.8, 4) is 0 Å². The van der Waals surface area contributed by atoms with E-state index in [1.807, 2.05) is 0 Å². The summed E-state index contributed by atoms with van der Waals surface area (Å²) >= 11 is 0. The number of hydrogen-bond acceptors (Lipinski definition) is 3. The van der Waals surface area contributed by atoms with Crippen molar-refractivity contribution in [2.75, 3.05) is 38.1 Å². The molecule has 2 rings (SSSR count). The molecule has 1 heterocycles. The van der Waals surface area contributed by atoms with Gasteiger partial charge in [-0.2, -0.15) is 0 Å². The summed E-state index contributed by atoms with van der Waals surface area (Å²) in [5.74, 6) is 0.602. The van der Waals surface area contributed by atoms with Crippen LogP contribution in [0.1, 0.15) is 32.3 Å². The van der Waals surface area contributed by atoms with Crippen LogP contribution in [-0.2, 0) is 0 Å². The summed E-state index contributed by atoms with van der Waals surface area (Å²) in [6, 6.07) is 8.99. The van der Waals surface area contributed by atoms with Crippen LogP contribution in [0.25, 0.3) is 0 Å². The molecule has 1 unspecified atom stereocenters. The Balaban J connectivity index is 2.03. The third-order valence-corrected chi connectivity index (χ3v) is 4.21. The fraction of sp³-hybridized carbons (Fsp3) is 0.625. The van der Waals surface area contributed by atoms with Crippen molar-refractivity contribution in [1.29, 1.82) is 0 Å². The van der Waals surface area contributed by atoms with E-state index in [2.05, 4.69) is 67.2 Å². The summed E-state index contributed by atoms with van der Waals surface area (Å²) in [6.07, 6.45) is 0.451. The van der Waals surface area contributed by atoms with Gasteiger partial charge in [-0.25, -0.2) is 0 Å². The van der Waals surface area contributed by atoms with Crippen LogP contribution in [0.2, 0.25) is 0 Å². The molecule has 0 aliphatic carbocycles. The van der Waals surface area contributed by atoms with Crippen LogP contribution < -0.4 is 10.2 Å². The Bertz CT molecular complexity index is 379. The predicted octanol–water partition coefficient (Wildman–Crippen LogP) is 2.50. The topological polar surface area (TPSA) is 18.5 Å². The maximum Gasteiger partial charge on any atom is 0.0789 e. The maximum absolute atomic E-state index is 3.41. The van der Waals surface area contributed by atoms with E-state index in [4.69, 9.17) is 0 Å². The standard InChI is InChI=1S/C16H27N3/c1-13(2)15-5-7-16(8-6-15)18(4)14(3)19-11-9-17-10-12-19/h5-8,13-14,17H,9-12H2,1-4H3. The van der Waals surface area contributed by atoms with E-state index in [0.29, 0.717) is 12.1 Å². The Morgan fingerprint density at radius 1 is 1.05 bits per heavy atom. The molecule has 3 heteroatoms. The molecule has 1 saturated heterocycles. The zero-order chi connectivity index (χ0) is 13.8. The Morgan fingerprint density at radius 3 is 2.16 bits per heavy atom. The summed E-state index contributed by atoms with van der Waals surface area (Å²) in [5, 5.41) is 3.41. The number of nitrogens with zero attached hydrogens (tertiary/aromatic N) is 2. The van der Waals surface area contributed by atoms with Crippen molar-refractivity contribution in [3.63, 3.8) is 0 Å². The second kappa shape index (κ2) is 6.40. The van der Waals surface area contributed by atoms with Gasteiger partial charge >= 0.3 is 0 Å². The van der Waals surface area contributed by atoms with Gasteiger partial charge in [0.2, 0.25) is 0 Å². The van der Waals surface area contributed by atoms with Gasteiger partial charge in [-0.3, -0.25) is 4.90 Å². The first-order valence-electron chi connectivity index (χ1n) is 7.37. The number of benzene rings is 1. The molecule has 1 aromatic rings. The number of rotatable bonds is 4. The average molecular weight is 261 g/mol. The van der Waals surface area contributed by atoms with Crippen LogP contribution in [0.5, 0.6) is 0 Å². The minimum atomic E-state index is 0.451. The molecular weight excluding hydrogens is 234 g/mol. The second-order valence-corrected chi connectivity index (χ2v) is 5.77. The molecule has 0 bridgehead atoms. The summed E-state index contributed by atoms with van der Waals surface area (Å²) in [6.45, 7) is 11.2. The molecule has 1 aliphatic rings. The molecule has 0 saturated carbocycles. The van der Waals surface area contributed by atoms with Crippen LogP contribution in [0, 0.1) is 0 Å². The van der Waals surface area contributed by atoms with Crippen LogP contribution >= 0.6 is 0 Å². The van der Waals surface area contributed by atoms with E-state index in [-0.39, 0.29) is 0 Å². The molecule has 3 nitrogen and oxygen atoms in total. The molecular formula is C16H27N3. The van der Waals surface area contributed by atoms with Gasteiger partial charge in [0.1, 0.15) is 0 Å². The Labute approximate surface area is 117 Å². The summed E-state index contributed by atoms with van der Waals surface area (Å²) in [4.78, 5) is 4.91. The maximum atomic E-state index is 3.41. The van der Waals surface area contributed by atoms with Crippen LogP contribution in [0.4, 0.5) is 5.69 Å². The largest absolute Gasteiger partial charge is 0.359 e. The Hall–Kier alpha value is -1.06. The Morgan fingerprint density at radius 2 is 1.63 bits per heavy atom.